The molecule has 0 radical (unpaired) electrons. The molecule has 2 nitrogen and oxygen atoms in total. The molecule has 1 fully saturated rings. The first-order chi connectivity index (χ1) is 6.75. The molecule has 3 heteroatoms. The number of hydrogen-bond acceptors (Lipinski definition) is 2. The maximum Gasteiger partial charge on any atom is 0.169 e. The second-order valence-electron chi connectivity index (χ2n) is 4.04. The number of halogens is 1. The van der Waals surface area contributed by atoms with E-state index in [1.807, 2.05) is 12.1 Å². The Bertz CT molecular complexity index is 289. The van der Waals surface area contributed by atoms with Crippen molar-refractivity contribution in [2.24, 2.45) is 5.92 Å². The zero-order valence-corrected chi connectivity index (χ0v) is 9.66. The van der Waals surface area contributed by atoms with Gasteiger partial charge in [-0.1, -0.05) is 25.7 Å². The lowest BCUT2D eigenvalue weighted by Crippen LogP contribution is -2.03. The third-order valence-corrected chi connectivity index (χ3v) is 3.38. The van der Waals surface area contributed by atoms with E-state index < -0.39 is 6.10 Å². The van der Waals surface area contributed by atoms with Crippen molar-refractivity contribution >= 4 is 15.9 Å². The molecule has 0 bridgehead atoms. The molecule has 1 N–H and O–H groups in total. The Morgan fingerprint density at radius 3 is 2.71 bits per heavy atom. The molecule has 78 valence electrons. The standard InChI is InChI=1S/C11H15BrO2/c12-11-6-5-10(14-11)9(13)7-8-3-1-2-4-8/h5-6,8-9,13H,1-4,7H2. The first-order valence-electron chi connectivity index (χ1n) is 5.19. The molecule has 1 aromatic rings. The summed E-state index contributed by atoms with van der Waals surface area (Å²) >= 11 is 3.24. The topological polar surface area (TPSA) is 33.4 Å². The van der Waals surface area contributed by atoms with Crippen LogP contribution >= 0.6 is 15.9 Å². The Labute approximate surface area is 92.4 Å². The molecule has 1 saturated carbocycles. The number of hydrogen-bond donors (Lipinski definition) is 1. The molecule has 2 rings (SSSR count). The number of rotatable bonds is 3. The van der Waals surface area contributed by atoms with E-state index in [2.05, 4.69) is 15.9 Å². The normalized spacial score (nSPS) is 20.1. The maximum absolute atomic E-state index is 9.88. The van der Waals surface area contributed by atoms with Crippen LogP contribution < -0.4 is 0 Å². The molecule has 14 heavy (non-hydrogen) atoms. The lowest BCUT2D eigenvalue weighted by Gasteiger charge is -2.12. The van der Waals surface area contributed by atoms with Crippen molar-refractivity contribution in [1.29, 1.82) is 0 Å². The van der Waals surface area contributed by atoms with Crippen molar-refractivity contribution in [3.8, 4) is 0 Å². The Balaban J connectivity index is 1.91. The number of furan rings is 1. The van der Waals surface area contributed by atoms with Crippen LogP contribution in [0.5, 0.6) is 0 Å². The van der Waals surface area contributed by atoms with Crippen molar-refractivity contribution in [2.45, 2.75) is 38.2 Å². The smallest absolute Gasteiger partial charge is 0.169 e. The summed E-state index contributed by atoms with van der Waals surface area (Å²) in [6.45, 7) is 0. The van der Waals surface area contributed by atoms with Gasteiger partial charge in [0, 0.05) is 0 Å². The summed E-state index contributed by atoms with van der Waals surface area (Å²) in [4.78, 5) is 0. The second kappa shape index (κ2) is 4.49. The van der Waals surface area contributed by atoms with E-state index in [4.69, 9.17) is 4.42 Å². The van der Waals surface area contributed by atoms with Gasteiger partial charge in [-0.2, -0.15) is 0 Å². The van der Waals surface area contributed by atoms with E-state index >= 15 is 0 Å². The summed E-state index contributed by atoms with van der Waals surface area (Å²) in [5.41, 5.74) is 0. The average Bonchev–Trinajstić information content (AvgIpc) is 2.75. The van der Waals surface area contributed by atoms with E-state index in [-0.39, 0.29) is 0 Å². The first-order valence-corrected chi connectivity index (χ1v) is 5.98. The Hall–Kier alpha value is -0.280. The van der Waals surface area contributed by atoms with Crippen molar-refractivity contribution in [2.75, 3.05) is 0 Å². The van der Waals surface area contributed by atoms with Crippen LogP contribution in [0.2, 0.25) is 0 Å². The highest BCUT2D eigenvalue weighted by molar-refractivity contribution is 9.10. The fourth-order valence-electron chi connectivity index (χ4n) is 2.19. The SMILES string of the molecule is OC(CC1CCCC1)c1ccc(Br)o1. The summed E-state index contributed by atoms with van der Waals surface area (Å²) in [5, 5.41) is 9.88. The van der Waals surface area contributed by atoms with Crippen LogP contribution in [-0.2, 0) is 0 Å². The van der Waals surface area contributed by atoms with Crippen LogP contribution in [0, 0.1) is 5.92 Å². The van der Waals surface area contributed by atoms with E-state index in [1.165, 1.54) is 25.7 Å². The molecule has 1 aliphatic rings. The van der Waals surface area contributed by atoms with Gasteiger partial charge < -0.3 is 9.52 Å². The quantitative estimate of drug-likeness (QED) is 0.898. The fourth-order valence-corrected chi connectivity index (χ4v) is 2.50. The van der Waals surface area contributed by atoms with Gasteiger partial charge in [0.05, 0.1) is 0 Å². The zero-order valence-electron chi connectivity index (χ0n) is 8.08. The fraction of sp³-hybridized carbons (Fsp3) is 0.636. The van der Waals surface area contributed by atoms with Gasteiger partial charge in [0.1, 0.15) is 11.9 Å². The predicted molar refractivity (Wildman–Crippen MR) is 57.9 cm³/mol. The zero-order chi connectivity index (χ0) is 9.97. The molecular formula is C11H15BrO2. The Kier molecular flexibility index (Phi) is 3.29. The summed E-state index contributed by atoms with van der Waals surface area (Å²) in [7, 11) is 0. The van der Waals surface area contributed by atoms with Crippen molar-refractivity contribution in [1.82, 2.24) is 0 Å². The molecule has 0 aromatic carbocycles. The van der Waals surface area contributed by atoms with Crippen LogP contribution in [-0.4, -0.2) is 5.11 Å². The molecule has 1 aliphatic carbocycles. The molecule has 0 saturated heterocycles. The molecule has 0 amide bonds. The number of aliphatic hydroxyl groups excluding tert-OH is 1. The highest BCUT2D eigenvalue weighted by Crippen LogP contribution is 2.33. The van der Waals surface area contributed by atoms with Crippen LogP contribution in [0.15, 0.2) is 21.2 Å². The van der Waals surface area contributed by atoms with Crippen LogP contribution in [0.4, 0.5) is 0 Å². The van der Waals surface area contributed by atoms with Crippen LogP contribution in [0.1, 0.15) is 44.0 Å². The third-order valence-electron chi connectivity index (χ3n) is 2.95. The van der Waals surface area contributed by atoms with Gasteiger partial charge in [-0.25, -0.2) is 0 Å². The largest absolute Gasteiger partial charge is 0.452 e. The van der Waals surface area contributed by atoms with E-state index in [0.717, 1.165) is 6.42 Å². The monoisotopic (exact) mass is 258 g/mol. The van der Waals surface area contributed by atoms with Gasteiger partial charge in [0.15, 0.2) is 4.67 Å². The van der Waals surface area contributed by atoms with E-state index in [9.17, 15) is 5.11 Å². The lowest BCUT2D eigenvalue weighted by atomic mass is 9.99. The third kappa shape index (κ3) is 2.39. The lowest BCUT2D eigenvalue weighted by molar-refractivity contribution is 0.119. The highest BCUT2D eigenvalue weighted by Gasteiger charge is 2.21. The van der Waals surface area contributed by atoms with Gasteiger partial charge in [0.2, 0.25) is 0 Å². The minimum Gasteiger partial charge on any atom is -0.452 e. The average molecular weight is 259 g/mol. The van der Waals surface area contributed by atoms with Crippen molar-refractivity contribution < 1.29 is 9.52 Å². The van der Waals surface area contributed by atoms with E-state index in [0.29, 0.717) is 16.3 Å². The number of aliphatic hydroxyl groups is 1. The summed E-state index contributed by atoms with van der Waals surface area (Å²) in [6.07, 6.45) is 5.58. The minimum absolute atomic E-state index is 0.426. The molecular weight excluding hydrogens is 244 g/mol. The highest BCUT2D eigenvalue weighted by atomic mass is 79.9. The van der Waals surface area contributed by atoms with Gasteiger partial charge >= 0.3 is 0 Å². The summed E-state index contributed by atoms with van der Waals surface area (Å²) < 4.78 is 6.01. The van der Waals surface area contributed by atoms with Crippen LogP contribution in [0.25, 0.3) is 0 Å². The Morgan fingerprint density at radius 2 is 2.14 bits per heavy atom. The van der Waals surface area contributed by atoms with Crippen molar-refractivity contribution in [3.63, 3.8) is 0 Å². The Morgan fingerprint density at radius 1 is 1.43 bits per heavy atom. The minimum atomic E-state index is -0.426. The summed E-state index contributed by atoms with van der Waals surface area (Å²) in [6, 6.07) is 3.66. The molecule has 0 aliphatic heterocycles. The molecule has 1 atom stereocenters. The molecule has 1 aromatic heterocycles. The summed E-state index contributed by atoms with van der Waals surface area (Å²) in [5.74, 6) is 1.37. The van der Waals surface area contributed by atoms with Crippen molar-refractivity contribution in [3.05, 3.63) is 22.6 Å². The van der Waals surface area contributed by atoms with Gasteiger partial charge in [-0.15, -0.1) is 0 Å². The molecule has 0 spiro atoms. The van der Waals surface area contributed by atoms with E-state index in [1.54, 1.807) is 0 Å². The van der Waals surface area contributed by atoms with Gasteiger partial charge in [-0.3, -0.25) is 0 Å². The predicted octanol–water partition coefficient (Wildman–Crippen LogP) is 3.66. The maximum atomic E-state index is 9.88. The molecule has 1 heterocycles. The van der Waals surface area contributed by atoms with Gasteiger partial charge in [-0.05, 0) is 40.4 Å². The molecule has 1 unspecified atom stereocenters. The second-order valence-corrected chi connectivity index (χ2v) is 4.83. The van der Waals surface area contributed by atoms with Gasteiger partial charge in [0.25, 0.3) is 0 Å². The first kappa shape index (κ1) is 10.2. The van der Waals surface area contributed by atoms with Crippen LogP contribution in [0.3, 0.4) is 0 Å².